The zero-order valence-electron chi connectivity index (χ0n) is 13.2. The van der Waals surface area contributed by atoms with Crippen LogP contribution in [0.4, 0.5) is 5.82 Å². The normalized spacial score (nSPS) is 27.2. The number of ether oxygens (including phenoxy) is 1. The maximum absolute atomic E-state index is 5.48. The number of anilines is 1. The van der Waals surface area contributed by atoms with E-state index in [1.165, 1.54) is 51.7 Å². The fourth-order valence-corrected chi connectivity index (χ4v) is 3.55. The lowest BCUT2D eigenvalue weighted by molar-refractivity contribution is 0.154. The minimum atomic E-state index is 0.554. The summed E-state index contributed by atoms with van der Waals surface area (Å²) in [6.07, 6.45) is 8.06. The van der Waals surface area contributed by atoms with E-state index in [1.807, 2.05) is 12.3 Å². The summed E-state index contributed by atoms with van der Waals surface area (Å²) in [5, 5.41) is 3.62. The van der Waals surface area contributed by atoms with Crippen molar-refractivity contribution in [2.24, 2.45) is 5.92 Å². The van der Waals surface area contributed by atoms with Crippen LogP contribution in [0, 0.1) is 5.92 Å². The summed E-state index contributed by atoms with van der Waals surface area (Å²) in [5.41, 5.74) is 0. The molecule has 2 aliphatic heterocycles. The van der Waals surface area contributed by atoms with Gasteiger partial charge >= 0.3 is 0 Å². The van der Waals surface area contributed by atoms with Gasteiger partial charge in [-0.3, -0.25) is 0 Å². The number of likely N-dealkylation sites (tertiary alicyclic amines) is 1. The molecule has 0 bridgehead atoms. The molecule has 3 fully saturated rings. The van der Waals surface area contributed by atoms with Crippen LogP contribution in [-0.2, 0) is 4.74 Å². The van der Waals surface area contributed by atoms with Crippen LogP contribution in [0.15, 0.2) is 12.3 Å². The Morgan fingerprint density at radius 2 is 2.05 bits per heavy atom. The summed E-state index contributed by atoms with van der Waals surface area (Å²) in [6, 6.07) is 2.56. The van der Waals surface area contributed by atoms with E-state index in [9.17, 15) is 0 Å². The van der Waals surface area contributed by atoms with Crippen LogP contribution in [0.2, 0.25) is 0 Å². The highest BCUT2D eigenvalue weighted by molar-refractivity contribution is 5.35. The number of piperidine rings is 1. The first-order valence-electron chi connectivity index (χ1n) is 8.76. The molecule has 1 N–H and O–H groups in total. The molecular weight excluding hydrogens is 276 g/mol. The van der Waals surface area contributed by atoms with Crippen molar-refractivity contribution in [2.45, 2.75) is 44.1 Å². The average molecular weight is 302 g/mol. The van der Waals surface area contributed by atoms with Crippen LogP contribution in [0.25, 0.3) is 0 Å². The number of aromatic nitrogens is 2. The zero-order chi connectivity index (χ0) is 14.8. The van der Waals surface area contributed by atoms with Crippen molar-refractivity contribution in [1.29, 1.82) is 0 Å². The quantitative estimate of drug-likeness (QED) is 0.904. The van der Waals surface area contributed by atoms with Crippen LogP contribution in [0.1, 0.15) is 43.8 Å². The summed E-state index contributed by atoms with van der Waals surface area (Å²) >= 11 is 0. The molecule has 1 saturated carbocycles. The lowest BCUT2D eigenvalue weighted by atomic mass is 10.0. The van der Waals surface area contributed by atoms with E-state index in [-0.39, 0.29) is 0 Å². The van der Waals surface area contributed by atoms with Gasteiger partial charge in [-0.1, -0.05) is 0 Å². The number of nitrogens with one attached hydrogen (secondary N) is 1. The van der Waals surface area contributed by atoms with Gasteiger partial charge in [-0.2, -0.15) is 0 Å². The summed E-state index contributed by atoms with van der Waals surface area (Å²) in [6.45, 7) is 5.51. The third-order valence-corrected chi connectivity index (χ3v) is 5.10. The topological polar surface area (TPSA) is 50.3 Å². The second-order valence-corrected chi connectivity index (χ2v) is 7.02. The van der Waals surface area contributed by atoms with Crippen molar-refractivity contribution in [3.8, 4) is 0 Å². The Morgan fingerprint density at radius 1 is 1.18 bits per heavy atom. The Balaban J connectivity index is 1.25. The van der Waals surface area contributed by atoms with Crippen LogP contribution >= 0.6 is 0 Å². The van der Waals surface area contributed by atoms with Gasteiger partial charge in [0.15, 0.2) is 0 Å². The van der Waals surface area contributed by atoms with E-state index in [0.717, 1.165) is 30.8 Å². The van der Waals surface area contributed by atoms with Crippen molar-refractivity contribution >= 4 is 5.82 Å². The Labute approximate surface area is 132 Å². The van der Waals surface area contributed by atoms with Crippen LogP contribution in [0.5, 0.6) is 0 Å². The molecule has 1 atom stereocenters. The van der Waals surface area contributed by atoms with Gasteiger partial charge in [-0.25, -0.2) is 9.97 Å². The highest BCUT2D eigenvalue weighted by atomic mass is 16.5. The van der Waals surface area contributed by atoms with Gasteiger partial charge in [0.25, 0.3) is 0 Å². The van der Waals surface area contributed by atoms with Gasteiger partial charge in [0, 0.05) is 44.4 Å². The molecule has 1 aromatic rings. The van der Waals surface area contributed by atoms with Crippen molar-refractivity contribution in [3.05, 3.63) is 18.1 Å². The molecule has 22 heavy (non-hydrogen) atoms. The predicted molar refractivity (Wildman–Crippen MR) is 86.0 cm³/mol. The molecule has 1 aliphatic carbocycles. The van der Waals surface area contributed by atoms with Gasteiger partial charge < -0.3 is 15.0 Å². The lowest BCUT2D eigenvalue weighted by Crippen LogP contribution is -2.41. The van der Waals surface area contributed by atoms with E-state index in [1.54, 1.807) is 0 Å². The predicted octanol–water partition coefficient (Wildman–Crippen LogP) is 2.27. The fraction of sp³-hybridized carbons (Fsp3) is 0.765. The largest absolute Gasteiger partial charge is 0.381 e. The summed E-state index contributed by atoms with van der Waals surface area (Å²) in [7, 11) is 0. The van der Waals surface area contributed by atoms with Crippen molar-refractivity contribution < 1.29 is 4.74 Å². The van der Waals surface area contributed by atoms with Gasteiger partial charge in [0.2, 0.25) is 0 Å². The zero-order valence-corrected chi connectivity index (χ0v) is 13.2. The summed E-state index contributed by atoms with van der Waals surface area (Å²) in [4.78, 5) is 11.7. The molecule has 0 spiro atoms. The van der Waals surface area contributed by atoms with E-state index < -0.39 is 0 Å². The Morgan fingerprint density at radius 3 is 2.77 bits per heavy atom. The van der Waals surface area contributed by atoms with Crippen molar-refractivity contribution in [3.63, 3.8) is 0 Å². The monoisotopic (exact) mass is 302 g/mol. The van der Waals surface area contributed by atoms with Gasteiger partial charge in [0.1, 0.15) is 11.6 Å². The molecule has 3 heterocycles. The van der Waals surface area contributed by atoms with Gasteiger partial charge in [-0.15, -0.1) is 0 Å². The lowest BCUT2D eigenvalue weighted by Gasteiger charge is -2.33. The molecule has 4 rings (SSSR count). The van der Waals surface area contributed by atoms with Gasteiger partial charge in [0.05, 0.1) is 6.61 Å². The third kappa shape index (κ3) is 3.58. The molecule has 0 radical (unpaired) electrons. The first-order valence-corrected chi connectivity index (χ1v) is 8.76. The van der Waals surface area contributed by atoms with E-state index >= 15 is 0 Å². The second kappa shape index (κ2) is 6.50. The highest BCUT2D eigenvalue weighted by Crippen LogP contribution is 2.38. The molecule has 3 aliphatic rings. The average Bonchev–Trinajstić information content (AvgIpc) is 3.28. The van der Waals surface area contributed by atoms with Crippen LogP contribution in [-0.4, -0.2) is 53.8 Å². The minimum Gasteiger partial charge on any atom is -0.381 e. The molecule has 2 saturated heterocycles. The summed E-state index contributed by atoms with van der Waals surface area (Å²) in [5.74, 6) is 3.42. The van der Waals surface area contributed by atoms with Crippen LogP contribution in [0.3, 0.4) is 0 Å². The molecule has 5 heteroatoms. The molecular formula is C17H26N4O. The molecule has 1 unspecified atom stereocenters. The molecule has 0 amide bonds. The summed E-state index contributed by atoms with van der Waals surface area (Å²) < 4.78 is 5.48. The number of hydrogen-bond donors (Lipinski definition) is 1. The standard InChI is InChI=1S/C17H26N4O/c1-2-14(1)17-18-7-3-16(20-17)19-15-4-8-21(9-5-15)11-13-6-10-22-12-13/h3,7,13-15H,1-2,4-6,8-12H2,(H,18,19,20). The fourth-order valence-electron chi connectivity index (χ4n) is 3.55. The second-order valence-electron chi connectivity index (χ2n) is 7.02. The highest BCUT2D eigenvalue weighted by Gasteiger charge is 2.27. The molecule has 5 nitrogen and oxygen atoms in total. The van der Waals surface area contributed by atoms with E-state index in [0.29, 0.717) is 12.0 Å². The van der Waals surface area contributed by atoms with Crippen molar-refractivity contribution in [2.75, 3.05) is 38.2 Å². The Kier molecular flexibility index (Phi) is 4.26. The number of rotatable bonds is 5. The maximum Gasteiger partial charge on any atom is 0.133 e. The Hall–Kier alpha value is -1.20. The third-order valence-electron chi connectivity index (χ3n) is 5.10. The van der Waals surface area contributed by atoms with E-state index in [4.69, 9.17) is 4.74 Å². The Bertz CT molecular complexity index is 491. The first-order chi connectivity index (χ1) is 10.9. The molecule has 120 valence electrons. The van der Waals surface area contributed by atoms with Crippen LogP contribution < -0.4 is 5.32 Å². The number of hydrogen-bond acceptors (Lipinski definition) is 5. The SMILES string of the molecule is c1cc(NC2CCN(CC3CCOC3)CC2)nc(C2CC2)n1. The number of nitrogens with zero attached hydrogens (tertiary/aromatic N) is 3. The van der Waals surface area contributed by atoms with Crippen molar-refractivity contribution in [1.82, 2.24) is 14.9 Å². The molecule has 0 aromatic carbocycles. The van der Waals surface area contributed by atoms with E-state index in [2.05, 4.69) is 20.2 Å². The minimum absolute atomic E-state index is 0.554. The first kappa shape index (κ1) is 14.4. The van der Waals surface area contributed by atoms with Gasteiger partial charge in [-0.05, 0) is 44.1 Å². The maximum atomic E-state index is 5.48. The smallest absolute Gasteiger partial charge is 0.133 e. The molecule has 1 aromatic heterocycles.